The number of amides is 1. The van der Waals surface area contributed by atoms with Crippen molar-refractivity contribution in [1.29, 1.82) is 0 Å². The number of para-hydroxylation sites is 1. The summed E-state index contributed by atoms with van der Waals surface area (Å²) >= 11 is 0. The molecule has 1 N–H and O–H groups in total. The Kier molecular flexibility index (Phi) is 5.54. The zero-order valence-electron chi connectivity index (χ0n) is 17.4. The number of pyridine rings is 1. The van der Waals surface area contributed by atoms with E-state index in [0.29, 0.717) is 16.8 Å². The monoisotopic (exact) mass is 482 g/mol. The maximum absolute atomic E-state index is 14.3. The van der Waals surface area contributed by atoms with E-state index in [2.05, 4.69) is 10.1 Å². The van der Waals surface area contributed by atoms with Gasteiger partial charge in [-0.25, -0.2) is 22.5 Å². The summed E-state index contributed by atoms with van der Waals surface area (Å²) in [5.41, 5.74) is -2.95. The molecule has 0 aliphatic heterocycles. The van der Waals surface area contributed by atoms with Gasteiger partial charge in [0.1, 0.15) is 11.3 Å². The van der Waals surface area contributed by atoms with Crippen LogP contribution in [0, 0.1) is 30.2 Å². The van der Waals surface area contributed by atoms with E-state index in [1.54, 1.807) is 43.7 Å². The number of halogens is 7. The van der Waals surface area contributed by atoms with Crippen LogP contribution in [0.4, 0.5) is 36.4 Å². The van der Waals surface area contributed by atoms with E-state index in [1.807, 2.05) is 0 Å². The van der Waals surface area contributed by atoms with Gasteiger partial charge in [-0.05, 0) is 19.1 Å². The lowest BCUT2D eigenvalue weighted by Crippen LogP contribution is -2.20. The first-order chi connectivity index (χ1) is 15.9. The maximum Gasteiger partial charge on any atom is 0.422 e. The second-order valence-electron chi connectivity index (χ2n) is 7.33. The molecule has 0 fully saturated rings. The van der Waals surface area contributed by atoms with Crippen molar-refractivity contribution < 1.29 is 35.5 Å². The minimum atomic E-state index is -5.70. The molecule has 0 spiro atoms. The van der Waals surface area contributed by atoms with E-state index in [0.717, 1.165) is 0 Å². The Morgan fingerprint density at radius 2 is 1.62 bits per heavy atom. The van der Waals surface area contributed by atoms with Crippen LogP contribution in [0.2, 0.25) is 0 Å². The molecule has 2 aromatic heterocycles. The van der Waals surface area contributed by atoms with Crippen LogP contribution in [0.1, 0.15) is 21.6 Å². The van der Waals surface area contributed by atoms with Crippen molar-refractivity contribution in [2.75, 3.05) is 5.32 Å². The van der Waals surface area contributed by atoms with Gasteiger partial charge in [-0.15, -0.1) is 0 Å². The van der Waals surface area contributed by atoms with Gasteiger partial charge in [-0.3, -0.25) is 9.48 Å². The summed E-state index contributed by atoms with van der Waals surface area (Å²) < 4.78 is 96.5. The number of nitrogens with zero attached hydrogens (tertiary/aromatic N) is 3. The molecule has 0 unspecified atom stereocenters. The molecule has 0 saturated heterocycles. The number of fused-ring (bicyclic) bond motifs is 1. The molecule has 0 radical (unpaired) electrons. The summed E-state index contributed by atoms with van der Waals surface area (Å²) in [6.45, 7) is 1.68. The molecular formula is C22H13F7N4O. The van der Waals surface area contributed by atoms with Crippen LogP contribution in [-0.4, -0.2) is 20.7 Å². The average molecular weight is 482 g/mol. The highest BCUT2D eigenvalue weighted by atomic mass is 19.4. The Labute approximate surface area is 186 Å². The zero-order chi connectivity index (χ0) is 24.9. The maximum atomic E-state index is 14.3. The number of benzene rings is 2. The number of nitrogens with one attached hydrogen (secondary N) is 1. The molecule has 12 heteroatoms. The number of aryl methyl sites for hydroxylation is 2. The molecule has 2 heterocycles. The number of anilines is 1. The van der Waals surface area contributed by atoms with Crippen LogP contribution in [0.5, 0.6) is 0 Å². The Morgan fingerprint density at radius 1 is 1.00 bits per heavy atom. The van der Waals surface area contributed by atoms with Gasteiger partial charge in [-0.1, -0.05) is 18.2 Å². The third kappa shape index (κ3) is 3.84. The molecule has 5 nitrogen and oxygen atoms in total. The number of hydrogen-bond donors (Lipinski definition) is 1. The third-order valence-corrected chi connectivity index (χ3v) is 5.04. The largest absolute Gasteiger partial charge is 0.422 e. The van der Waals surface area contributed by atoms with Crippen LogP contribution < -0.4 is 5.32 Å². The van der Waals surface area contributed by atoms with Crippen LogP contribution in [-0.2, 0) is 13.2 Å². The van der Waals surface area contributed by atoms with Crippen molar-refractivity contribution in [3.05, 3.63) is 76.6 Å². The minimum absolute atomic E-state index is 0.191. The van der Waals surface area contributed by atoms with E-state index >= 15 is 0 Å². The van der Waals surface area contributed by atoms with E-state index in [1.165, 1.54) is 16.8 Å². The quantitative estimate of drug-likeness (QED) is 0.298. The van der Waals surface area contributed by atoms with Crippen LogP contribution in [0.3, 0.4) is 0 Å². The van der Waals surface area contributed by atoms with Gasteiger partial charge in [0.2, 0.25) is 0 Å². The average Bonchev–Trinajstić information content (AvgIpc) is 3.11. The third-order valence-electron chi connectivity index (χ3n) is 5.04. The summed E-state index contributed by atoms with van der Waals surface area (Å²) in [5.74, 6) is -11.3. The molecule has 176 valence electrons. The Morgan fingerprint density at radius 3 is 2.18 bits per heavy atom. The second kappa shape index (κ2) is 8.12. The van der Waals surface area contributed by atoms with Gasteiger partial charge < -0.3 is 5.32 Å². The van der Waals surface area contributed by atoms with Crippen molar-refractivity contribution in [3.8, 4) is 11.3 Å². The molecule has 1 amide bonds. The van der Waals surface area contributed by atoms with Crippen LogP contribution >= 0.6 is 0 Å². The predicted octanol–water partition coefficient (Wildman–Crippen LogP) is 5.77. The molecule has 34 heavy (non-hydrogen) atoms. The predicted molar refractivity (Wildman–Crippen MR) is 108 cm³/mol. The van der Waals surface area contributed by atoms with Crippen LogP contribution in [0.15, 0.2) is 36.5 Å². The number of carbonyl (C=O) groups excluding carboxylic acids is 1. The number of rotatable bonds is 3. The smallest absolute Gasteiger partial charge is 0.317 e. The molecule has 0 aliphatic carbocycles. The first kappa shape index (κ1) is 23.2. The summed E-state index contributed by atoms with van der Waals surface area (Å²) in [6, 6.07) is 7.47. The topological polar surface area (TPSA) is 59.8 Å². The van der Waals surface area contributed by atoms with Crippen molar-refractivity contribution in [3.63, 3.8) is 0 Å². The number of alkyl halides is 3. The van der Waals surface area contributed by atoms with E-state index in [4.69, 9.17) is 0 Å². The summed E-state index contributed by atoms with van der Waals surface area (Å²) in [4.78, 5) is 17.4. The fraction of sp³-hybridized carbons (Fsp3) is 0.136. The second-order valence-corrected chi connectivity index (χ2v) is 7.33. The number of hydrogen-bond acceptors (Lipinski definition) is 3. The van der Waals surface area contributed by atoms with Gasteiger partial charge in [-0.2, -0.15) is 18.3 Å². The van der Waals surface area contributed by atoms with Gasteiger partial charge >= 0.3 is 6.18 Å². The molecule has 4 rings (SSSR count). The first-order valence-corrected chi connectivity index (χ1v) is 9.55. The highest BCUT2D eigenvalue weighted by Gasteiger charge is 2.42. The van der Waals surface area contributed by atoms with Gasteiger partial charge in [0.05, 0.1) is 22.5 Å². The fourth-order valence-corrected chi connectivity index (χ4v) is 3.52. The highest BCUT2D eigenvalue weighted by molar-refractivity contribution is 6.13. The standard InChI is InChI=1S/C22H13F7N4O/c1-9-12(8-33(2)32-9)14-7-11(10-5-3-4-6-13(10)30-14)21(34)31-20-18(25)16(23)15(22(27,28)29)17(24)19(20)26/h3-8H,1-2H3,(H,31,34). The SMILES string of the molecule is Cc1nn(C)cc1-c1cc(C(=O)Nc2c(F)c(F)c(C(F)(F)F)c(F)c2F)c2ccccc2n1. The van der Waals surface area contributed by atoms with E-state index in [-0.39, 0.29) is 16.6 Å². The number of carbonyl (C=O) groups is 1. The van der Waals surface area contributed by atoms with Crippen molar-refractivity contribution in [2.45, 2.75) is 13.1 Å². The molecule has 0 bridgehead atoms. The molecule has 0 atom stereocenters. The first-order valence-electron chi connectivity index (χ1n) is 9.55. The fourth-order valence-electron chi connectivity index (χ4n) is 3.52. The van der Waals surface area contributed by atoms with Crippen molar-refractivity contribution >= 4 is 22.5 Å². The Hall–Kier alpha value is -3.96. The van der Waals surface area contributed by atoms with Gasteiger partial charge in [0.25, 0.3) is 5.91 Å². The lowest BCUT2D eigenvalue weighted by atomic mass is 10.0. The minimum Gasteiger partial charge on any atom is -0.317 e. The van der Waals surface area contributed by atoms with E-state index in [9.17, 15) is 35.5 Å². The van der Waals surface area contributed by atoms with Gasteiger partial charge in [0.15, 0.2) is 23.3 Å². The Balaban J connectivity index is 1.86. The molecule has 2 aromatic carbocycles. The van der Waals surface area contributed by atoms with Crippen molar-refractivity contribution in [1.82, 2.24) is 14.8 Å². The normalized spacial score (nSPS) is 11.8. The lowest BCUT2D eigenvalue weighted by Gasteiger charge is -2.15. The summed E-state index contributed by atoms with van der Waals surface area (Å²) in [6.07, 6.45) is -4.08. The lowest BCUT2D eigenvalue weighted by molar-refractivity contribution is -0.143. The summed E-state index contributed by atoms with van der Waals surface area (Å²) in [7, 11) is 1.66. The highest BCUT2D eigenvalue weighted by Crippen LogP contribution is 2.38. The van der Waals surface area contributed by atoms with Gasteiger partial charge in [0, 0.05) is 24.2 Å². The Bertz CT molecular complexity index is 1430. The van der Waals surface area contributed by atoms with E-state index < -0.39 is 46.6 Å². The summed E-state index contributed by atoms with van der Waals surface area (Å²) in [5, 5.41) is 6.06. The molecular weight excluding hydrogens is 469 g/mol. The number of aromatic nitrogens is 3. The zero-order valence-corrected chi connectivity index (χ0v) is 17.4. The molecule has 0 saturated carbocycles. The molecule has 4 aromatic rings. The molecule has 0 aliphatic rings. The van der Waals surface area contributed by atoms with Crippen LogP contribution in [0.25, 0.3) is 22.2 Å². The van der Waals surface area contributed by atoms with Crippen molar-refractivity contribution in [2.24, 2.45) is 7.05 Å².